The zero-order valence-corrected chi connectivity index (χ0v) is 20.4. The Labute approximate surface area is 197 Å². The topological polar surface area (TPSA) is 71.1 Å². The van der Waals surface area contributed by atoms with E-state index in [-0.39, 0.29) is 13.2 Å². The van der Waals surface area contributed by atoms with E-state index in [9.17, 15) is 9.59 Å². The Morgan fingerprint density at radius 3 is 1.36 bits per heavy atom. The van der Waals surface area contributed by atoms with E-state index >= 15 is 0 Å². The molecule has 0 N–H and O–H groups in total. The van der Waals surface area contributed by atoms with Gasteiger partial charge in [-0.3, -0.25) is 0 Å². The quantitative estimate of drug-likeness (QED) is 0.183. The molecule has 0 fully saturated rings. The lowest BCUT2D eigenvalue weighted by molar-refractivity contribution is -0.140. The molecule has 2 rings (SSSR count). The van der Waals surface area contributed by atoms with Crippen molar-refractivity contribution in [1.82, 2.24) is 0 Å². The molecule has 2 aromatic rings. The van der Waals surface area contributed by atoms with Gasteiger partial charge in [0.25, 0.3) is 0 Å². The second-order valence-electron chi connectivity index (χ2n) is 7.59. The van der Waals surface area contributed by atoms with Crippen molar-refractivity contribution in [1.29, 1.82) is 0 Å². The van der Waals surface area contributed by atoms with Gasteiger partial charge in [0.2, 0.25) is 0 Å². The smallest absolute Gasteiger partial charge is 0.407 e. The number of ether oxygens (including phenoxy) is 2. The molecular formula is C26H32O6Si. The number of esters is 2. The number of rotatable bonds is 14. The van der Waals surface area contributed by atoms with Crippen molar-refractivity contribution >= 4 is 30.9 Å². The second-order valence-corrected chi connectivity index (χ2v) is 10.6. The SMILES string of the molecule is C=C(C)C(=O)OCCCO[Si](OCCCOC(=O)C(=C)C)(c1ccccc1)c1ccccc1. The lowest BCUT2D eigenvalue weighted by Gasteiger charge is -2.31. The van der Waals surface area contributed by atoms with E-state index in [1.807, 2.05) is 60.7 Å². The molecule has 0 heterocycles. The molecule has 33 heavy (non-hydrogen) atoms. The van der Waals surface area contributed by atoms with Gasteiger partial charge in [-0.2, -0.15) is 0 Å². The Hall–Kier alpha value is -3.00. The molecule has 0 unspecified atom stereocenters. The maximum atomic E-state index is 11.6. The molecule has 0 aliphatic rings. The van der Waals surface area contributed by atoms with E-state index in [1.165, 1.54) is 0 Å². The molecule has 0 aliphatic carbocycles. The first-order valence-corrected chi connectivity index (χ1v) is 12.7. The molecule has 0 radical (unpaired) electrons. The lowest BCUT2D eigenvalue weighted by atomic mass is 10.4. The van der Waals surface area contributed by atoms with Crippen LogP contribution in [0.4, 0.5) is 0 Å². The second kappa shape index (κ2) is 13.5. The van der Waals surface area contributed by atoms with Crippen molar-refractivity contribution in [2.45, 2.75) is 26.7 Å². The van der Waals surface area contributed by atoms with E-state index in [0.717, 1.165) is 10.4 Å². The monoisotopic (exact) mass is 468 g/mol. The third-order valence-corrected chi connectivity index (χ3v) is 8.07. The molecule has 0 atom stereocenters. The third kappa shape index (κ3) is 8.13. The molecule has 0 aromatic heterocycles. The van der Waals surface area contributed by atoms with Crippen LogP contribution in [0.3, 0.4) is 0 Å². The Morgan fingerprint density at radius 2 is 1.03 bits per heavy atom. The fourth-order valence-corrected chi connectivity index (χ4v) is 6.19. The van der Waals surface area contributed by atoms with E-state index in [4.69, 9.17) is 18.3 Å². The van der Waals surface area contributed by atoms with Crippen LogP contribution in [0, 0.1) is 0 Å². The van der Waals surface area contributed by atoms with Gasteiger partial charge < -0.3 is 18.3 Å². The van der Waals surface area contributed by atoms with Crippen LogP contribution < -0.4 is 10.4 Å². The predicted molar refractivity (Wildman–Crippen MR) is 131 cm³/mol. The summed E-state index contributed by atoms with van der Waals surface area (Å²) < 4.78 is 23.4. The molecule has 0 saturated heterocycles. The minimum atomic E-state index is -3.06. The van der Waals surface area contributed by atoms with Crippen LogP contribution >= 0.6 is 0 Å². The molecule has 6 nitrogen and oxygen atoms in total. The lowest BCUT2D eigenvalue weighted by Crippen LogP contribution is -2.63. The molecule has 0 bridgehead atoms. The Bertz CT molecular complexity index is 849. The molecule has 0 aliphatic heterocycles. The standard InChI is InChI=1S/C26H32O6Si/c1-21(2)25(27)29-17-11-19-31-33(23-13-7-5-8-14-23,24-15-9-6-10-16-24)32-20-12-18-30-26(28)22(3)4/h5-10,13-16H,1,3,11-12,17-20H2,2,4H3. The van der Waals surface area contributed by atoms with Crippen LogP contribution in [0.25, 0.3) is 0 Å². The predicted octanol–water partition coefficient (Wildman–Crippen LogP) is 3.30. The van der Waals surface area contributed by atoms with Crippen molar-refractivity contribution < 1.29 is 27.9 Å². The maximum absolute atomic E-state index is 11.6. The minimum absolute atomic E-state index is 0.233. The number of carbonyl (C=O) groups excluding carboxylic acids is 2. The van der Waals surface area contributed by atoms with Gasteiger partial charge in [0.05, 0.1) is 13.2 Å². The first-order valence-electron chi connectivity index (χ1n) is 10.9. The largest absolute Gasteiger partial charge is 0.462 e. The zero-order chi connectivity index (χ0) is 24.1. The highest BCUT2D eigenvalue weighted by atomic mass is 28.4. The third-order valence-electron chi connectivity index (χ3n) is 4.66. The molecule has 0 amide bonds. The van der Waals surface area contributed by atoms with E-state index in [2.05, 4.69) is 13.2 Å². The summed E-state index contributed by atoms with van der Waals surface area (Å²) in [6.45, 7) is 11.6. The summed E-state index contributed by atoms with van der Waals surface area (Å²) in [6.07, 6.45) is 1.04. The molecule has 7 heteroatoms. The van der Waals surface area contributed by atoms with Gasteiger partial charge in [-0.25, -0.2) is 9.59 Å². The zero-order valence-electron chi connectivity index (χ0n) is 19.4. The van der Waals surface area contributed by atoms with Crippen LogP contribution in [-0.4, -0.2) is 46.9 Å². The fourth-order valence-electron chi connectivity index (χ4n) is 2.98. The Balaban J connectivity index is 2.14. The van der Waals surface area contributed by atoms with Gasteiger partial charge >= 0.3 is 20.5 Å². The fraction of sp³-hybridized carbons (Fsp3) is 0.308. The van der Waals surface area contributed by atoms with Crippen LogP contribution in [0.1, 0.15) is 26.7 Å². The molecule has 2 aromatic carbocycles. The van der Waals surface area contributed by atoms with Gasteiger partial charge in [0.15, 0.2) is 0 Å². The molecule has 0 spiro atoms. The van der Waals surface area contributed by atoms with Crippen molar-refractivity contribution in [2.24, 2.45) is 0 Å². The van der Waals surface area contributed by atoms with Gasteiger partial charge in [0, 0.05) is 37.2 Å². The van der Waals surface area contributed by atoms with Crippen molar-refractivity contribution in [3.8, 4) is 0 Å². The van der Waals surface area contributed by atoms with Gasteiger partial charge in [0.1, 0.15) is 0 Å². The van der Waals surface area contributed by atoms with Crippen LogP contribution in [-0.2, 0) is 27.9 Å². The van der Waals surface area contributed by atoms with Crippen molar-refractivity contribution in [3.63, 3.8) is 0 Å². The Morgan fingerprint density at radius 1 is 0.667 bits per heavy atom. The van der Waals surface area contributed by atoms with Crippen LogP contribution in [0.2, 0.25) is 0 Å². The summed E-state index contributed by atoms with van der Waals surface area (Å²) in [5, 5.41) is 1.93. The highest BCUT2D eigenvalue weighted by Gasteiger charge is 2.42. The highest BCUT2D eigenvalue weighted by molar-refractivity contribution is 6.92. The molecular weight excluding hydrogens is 436 g/mol. The van der Waals surface area contributed by atoms with E-state index in [0.29, 0.717) is 37.2 Å². The van der Waals surface area contributed by atoms with Gasteiger partial charge in [-0.1, -0.05) is 73.8 Å². The van der Waals surface area contributed by atoms with E-state index < -0.39 is 20.5 Å². The van der Waals surface area contributed by atoms with Crippen LogP contribution in [0.5, 0.6) is 0 Å². The average molecular weight is 469 g/mol. The first-order chi connectivity index (χ1) is 15.9. The number of benzene rings is 2. The summed E-state index contributed by atoms with van der Waals surface area (Å²) in [5.74, 6) is -0.824. The Kier molecular flexibility index (Phi) is 10.8. The number of carbonyl (C=O) groups is 2. The van der Waals surface area contributed by atoms with Crippen LogP contribution in [0.15, 0.2) is 85.0 Å². The number of hydrogen-bond acceptors (Lipinski definition) is 6. The first kappa shape index (κ1) is 26.3. The minimum Gasteiger partial charge on any atom is -0.462 e. The summed E-state index contributed by atoms with van der Waals surface area (Å²) in [5.41, 5.74) is 0.729. The highest BCUT2D eigenvalue weighted by Crippen LogP contribution is 2.12. The summed E-state index contributed by atoms with van der Waals surface area (Å²) in [4.78, 5) is 23.2. The number of hydrogen-bond donors (Lipinski definition) is 0. The summed E-state index contributed by atoms with van der Waals surface area (Å²) in [6, 6.07) is 19.7. The van der Waals surface area contributed by atoms with Gasteiger partial charge in [-0.15, -0.1) is 0 Å². The van der Waals surface area contributed by atoms with Crippen molar-refractivity contribution in [3.05, 3.63) is 85.0 Å². The average Bonchev–Trinajstić information content (AvgIpc) is 2.83. The summed E-state index contributed by atoms with van der Waals surface area (Å²) in [7, 11) is -3.06. The van der Waals surface area contributed by atoms with E-state index in [1.54, 1.807) is 13.8 Å². The molecule has 176 valence electrons. The molecule has 0 saturated carbocycles. The van der Waals surface area contributed by atoms with Crippen molar-refractivity contribution in [2.75, 3.05) is 26.4 Å². The maximum Gasteiger partial charge on any atom is 0.407 e. The summed E-state index contributed by atoms with van der Waals surface area (Å²) >= 11 is 0. The normalized spacial score (nSPS) is 11.0. The van der Waals surface area contributed by atoms with Gasteiger partial charge in [-0.05, 0) is 24.2 Å².